The maximum Gasteiger partial charge on any atom is 0.407 e. The van der Waals surface area contributed by atoms with Crippen molar-refractivity contribution in [2.45, 2.75) is 45.3 Å². The predicted octanol–water partition coefficient (Wildman–Crippen LogP) is 2.71. The second-order valence-corrected chi connectivity index (χ2v) is 11.2. The lowest BCUT2D eigenvalue weighted by Crippen LogP contribution is -2.64. The van der Waals surface area contributed by atoms with Crippen molar-refractivity contribution in [3.05, 3.63) is 47.3 Å². The molecule has 2 fully saturated rings. The molecule has 1 aromatic heterocycles. The molecule has 228 valence electrons. The summed E-state index contributed by atoms with van der Waals surface area (Å²) >= 11 is 0. The minimum absolute atomic E-state index is 0.103. The van der Waals surface area contributed by atoms with Crippen molar-refractivity contribution >= 4 is 17.7 Å². The number of morpholine rings is 1. The van der Waals surface area contributed by atoms with Crippen molar-refractivity contribution < 1.29 is 33.3 Å². The number of aromatic nitrogens is 1. The highest BCUT2D eigenvalue weighted by atomic mass is 19.1. The standard InChI is InChI=1S/C30H40FN5O6/c1-4-41-28-23(13-22-5-7-24(31)8-6-22)14-26-29(32-28)42-12-10-35(26)27(37)18-34-15-20(2)36(30(38)39)17-25(34)16-33-9-11-40-19-21(33)3/h5-8,14,20-21,25H,4,9-13,15-19H2,1-3H3,(H,38,39)/t20-,21-,25+/m1/s1. The molecule has 2 aromatic rings. The average molecular weight is 586 g/mol. The first-order chi connectivity index (χ1) is 20.2. The van der Waals surface area contributed by atoms with Gasteiger partial charge in [-0.25, -0.2) is 9.18 Å². The molecule has 3 aliphatic heterocycles. The zero-order valence-corrected chi connectivity index (χ0v) is 24.5. The van der Waals surface area contributed by atoms with Crippen LogP contribution in [0.4, 0.5) is 14.9 Å². The number of anilines is 1. The zero-order valence-electron chi connectivity index (χ0n) is 24.5. The first-order valence-electron chi connectivity index (χ1n) is 14.6. The van der Waals surface area contributed by atoms with Crippen LogP contribution < -0.4 is 14.4 Å². The molecule has 0 saturated carbocycles. The molecule has 0 unspecified atom stereocenters. The highest BCUT2D eigenvalue weighted by Crippen LogP contribution is 2.36. The number of carbonyl (C=O) groups is 2. The van der Waals surface area contributed by atoms with Gasteiger partial charge >= 0.3 is 6.09 Å². The van der Waals surface area contributed by atoms with Gasteiger partial charge in [0.15, 0.2) is 0 Å². The smallest absolute Gasteiger partial charge is 0.407 e. The van der Waals surface area contributed by atoms with Crippen molar-refractivity contribution in [1.29, 1.82) is 0 Å². The average Bonchev–Trinajstić information content (AvgIpc) is 2.96. The van der Waals surface area contributed by atoms with Crippen LogP contribution in [0.5, 0.6) is 11.8 Å². The molecule has 0 spiro atoms. The number of fused-ring (bicyclic) bond motifs is 1. The van der Waals surface area contributed by atoms with Crippen LogP contribution in [0.1, 0.15) is 31.9 Å². The lowest BCUT2D eigenvalue weighted by atomic mass is 10.0. The molecule has 42 heavy (non-hydrogen) atoms. The largest absolute Gasteiger partial charge is 0.478 e. The number of piperazine rings is 1. The fraction of sp³-hybridized carbons (Fsp3) is 0.567. The van der Waals surface area contributed by atoms with Gasteiger partial charge in [-0.2, -0.15) is 4.98 Å². The van der Waals surface area contributed by atoms with E-state index in [1.165, 1.54) is 17.0 Å². The highest BCUT2D eigenvalue weighted by Gasteiger charge is 2.38. The summed E-state index contributed by atoms with van der Waals surface area (Å²) in [5, 5.41) is 9.82. The molecule has 3 aliphatic rings. The van der Waals surface area contributed by atoms with E-state index >= 15 is 0 Å². The molecule has 3 atom stereocenters. The second kappa shape index (κ2) is 13.2. The maximum absolute atomic E-state index is 13.9. The number of hydrogen-bond donors (Lipinski definition) is 1. The Morgan fingerprint density at radius 2 is 1.88 bits per heavy atom. The summed E-state index contributed by atoms with van der Waals surface area (Å²) < 4.78 is 30.8. The van der Waals surface area contributed by atoms with Gasteiger partial charge in [0.2, 0.25) is 17.7 Å². The van der Waals surface area contributed by atoms with Gasteiger partial charge in [-0.15, -0.1) is 0 Å². The van der Waals surface area contributed by atoms with Crippen molar-refractivity contribution in [2.24, 2.45) is 0 Å². The summed E-state index contributed by atoms with van der Waals surface area (Å²) in [6, 6.07) is 7.97. The van der Waals surface area contributed by atoms with Crippen LogP contribution in [0.25, 0.3) is 0 Å². The lowest BCUT2D eigenvalue weighted by molar-refractivity contribution is -0.122. The van der Waals surface area contributed by atoms with E-state index in [4.69, 9.17) is 14.2 Å². The number of hydrogen-bond acceptors (Lipinski definition) is 8. The minimum atomic E-state index is -0.944. The molecule has 2 saturated heterocycles. The molecule has 4 heterocycles. The van der Waals surface area contributed by atoms with Crippen LogP contribution in [-0.2, 0) is 16.0 Å². The van der Waals surface area contributed by atoms with Crippen molar-refractivity contribution in [1.82, 2.24) is 19.7 Å². The highest BCUT2D eigenvalue weighted by molar-refractivity contribution is 5.96. The molecule has 2 amide bonds. The van der Waals surface area contributed by atoms with Crippen LogP contribution in [0.2, 0.25) is 0 Å². The van der Waals surface area contributed by atoms with E-state index in [2.05, 4.69) is 21.7 Å². The lowest BCUT2D eigenvalue weighted by Gasteiger charge is -2.47. The Labute approximate surface area is 245 Å². The van der Waals surface area contributed by atoms with Crippen LogP contribution in [-0.4, -0.2) is 121 Å². The van der Waals surface area contributed by atoms with Gasteiger partial charge in [-0.3, -0.25) is 14.6 Å². The summed E-state index contributed by atoms with van der Waals surface area (Å²) in [5.41, 5.74) is 2.23. The van der Waals surface area contributed by atoms with Crippen LogP contribution in [0.3, 0.4) is 0 Å². The Hall–Kier alpha value is -3.48. The van der Waals surface area contributed by atoms with Gasteiger partial charge in [0.1, 0.15) is 18.1 Å². The molecule has 1 N–H and O–H groups in total. The Balaban J connectivity index is 1.38. The molecule has 1 aromatic carbocycles. The van der Waals surface area contributed by atoms with Gasteiger partial charge in [0, 0.05) is 56.3 Å². The number of amides is 2. The fourth-order valence-corrected chi connectivity index (χ4v) is 5.94. The van der Waals surface area contributed by atoms with Gasteiger partial charge in [0.05, 0.1) is 32.9 Å². The molecule has 0 bridgehead atoms. The van der Waals surface area contributed by atoms with Gasteiger partial charge in [-0.1, -0.05) is 12.1 Å². The third-order valence-electron chi connectivity index (χ3n) is 8.23. The van der Waals surface area contributed by atoms with Crippen molar-refractivity contribution in [2.75, 3.05) is 70.6 Å². The van der Waals surface area contributed by atoms with Gasteiger partial charge < -0.3 is 29.1 Å². The molecule has 11 nitrogen and oxygen atoms in total. The monoisotopic (exact) mass is 585 g/mol. The minimum Gasteiger partial charge on any atom is -0.478 e. The number of ether oxygens (including phenoxy) is 3. The van der Waals surface area contributed by atoms with E-state index in [1.807, 2.05) is 19.9 Å². The Morgan fingerprint density at radius 1 is 1.10 bits per heavy atom. The fourth-order valence-electron chi connectivity index (χ4n) is 5.94. The maximum atomic E-state index is 13.9. The number of benzene rings is 1. The van der Waals surface area contributed by atoms with E-state index in [-0.39, 0.29) is 36.4 Å². The van der Waals surface area contributed by atoms with Crippen molar-refractivity contribution in [3.8, 4) is 11.8 Å². The summed E-state index contributed by atoms with van der Waals surface area (Å²) in [6.07, 6.45) is -0.493. The van der Waals surface area contributed by atoms with E-state index in [0.29, 0.717) is 76.5 Å². The number of rotatable bonds is 8. The molecule has 0 aliphatic carbocycles. The molecule has 5 rings (SSSR count). The normalized spacial score (nSPS) is 23.3. The summed E-state index contributed by atoms with van der Waals surface area (Å²) in [5.74, 6) is 0.350. The summed E-state index contributed by atoms with van der Waals surface area (Å²) in [6.45, 7) is 10.5. The number of carbonyl (C=O) groups excluding carboxylic acids is 1. The number of nitrogens with zero attached hydrogens (tertiary/aromatic N) is 5. The van der Waals surface area contributed by atoms with Gasteiger partial charge in [0.25, 0.3) is 0 Å². The molecule has 0 radical (unpaired) electrons. The van der Waals surface area contributed by atoms with E-state index in [9.17, 15) is 19.1 Å². The Kier molecular flexibility index (Phi) is 9.44. The number of halogens is 1. The summed E-state index contributed by atoms with van der Waals surface area (Å²) in [7, 11) is 0. The van der Waals surface area contributed by atoms with E-state index in [1.54, 1.807) is 17.0 Å². The van der Waals surface area contributed by atoms with E-state index < -0.39 is 6.09 Å². The quantitative estimate of drug-likeness (QED) is 0.500. The van der Waals surface area contributed by atoms with Crippen LogP contribution in [0, 0.1) is 5.82 Å². The predicted molar refractivity (Wildman–Crippen MR) is 154 cm³/mol. The SMILES string of the molecule is CCOc1nc2c(cc1Cc1ccc(F)cc1)N(C(=O)CN1C[C@@H](C)N(C(=O)O)C[C@@H]1CN1CCOC[C@H]1C)CCO2. The topological polar surface area (TPSA) is 108 Å². The second-order valence-electron chi connectivity index (χ2n) is 11.2. The first kappa shape index (κ1) is 30.0. The number of pyridine rings is 1. The molecule has 12 heteroatoms. The summed E-state index contributed by atoms with van der Waals surface area (Å²) in [4.78, 5) is 38.1. The number of carboxylic acid groups (broad SMARTS) is 1. The van der Waals surface area contributed by atoms with Gasteiger partial charge in [-0.05, 0) is 44.5 Å². The Morgan fingerprint density at radius 3 is 2.60 bits per heavy atom. The van der Waals surface area contributed by atoms with Crippen molar-refractivity contribution in [3.63, 3.8) is 0 Å². The Bertz CT molecular complexity index is 1260. The zero-order chi connectivity index (χ0) is 29.8. The third-order valence-corrected chi connectivity index (χ3v) is 8.23. The third kappa shape index (κ3) is 6.77. The molecular formula is C30H40FN5O6. The van der Waals surface area contributed by atoms with Crippen LogP contribution >= 0.6 is 0 Å². The van der Waals surface area contributed by atoms with E-state index in [0.717, 1.165) is 17.7 Å². The first-order valence-corrected chi connectivity index (χ1v) is 14.6. The molecular weight excluding hydrogens is 545 g/mol. The van der Waals surface area contributed by atoms with Crippen LogP contribution in [0.15, 0.2) is 30.3 Å².